The summed E-state index contributed by atoms with van der Waals surface area (Å²) < 4.78 is 45.5. The standard InChI is InChI=1S/C24H28N6O3.C2HF3O2/c1-16-12-18(28-33-16)15-29-10-8-24(9-11-29)13-21-26-27-22(23(31)25-14-17-6-7-17)30(21)19-4-2-3-5-20(19)32-24;3-2(4,5)1(6)7/h2-5,12,17H,6-11,13-15H2,1H3,(H,25,31);(H,6,7). The second kappa shape index (κ2) is 10.9. The van der Waals surface area contributed by atoms with Crippen LogP contribution in [0, 0.1) is 12.8 Å². The number of halogens is 3. The molecule has 2 N–H and O–H groups in total. The predicted molar refractivity (Wildman–Crippen MR) is 133 cm³/mol. The van der Waals surface area contributed by atoms with Crippen molar-refractivity contribution in [2.75, 3.05) is 19.6 Å². The molecular weight excluding hydrogens is 533 g/mol. The quantitative estimate of drug-likeness (QED) is 0.480. The minimum absolute atomic E-state index is 0.177. The molecule has 0 radical (unpaired) electrons. The Bertz CT molecular complexity index is 1380. The Hall–Kier alpha value is -3.94. The van der Waals surface area contributed by atoms with Crippen molar-refractivity contribution in [3.63, 3.8) is 0 Å². The van der Waals surface area contributed by atoms with Crippen LogP contribution in [0.2, 0.25) is 0 Å². The molecule has 2 aromatic heterocycles. The van der Waals surface area contributed by atoms with E-state index >= 15 is 0 Å². The molecule has 1 aliphatic carbocycles. The minimum atomic E-state index is -5.08. The number of amides is 1. The second-order valence-electron chi connectivity index (χ2n) is 10.4. The largest absolute Gasteiger partial charge is 0.490 e. The second-order valence-corrected chi connectivity index (χ2v) is 10.4. The van der Waals surface area contributed by atoms with Gasteiger partial charge in [0.2, 0.25) is 5.82 Å². The van der Waals surface area contributed by atoms with Gasteiger partial charge < -0.3 is 19.7 Å². The topological polar surface area (TPSA) is 136 Å². The molecule has 1 saturated carbocycles. The van der Waals surface area contributed by atoms with Crippen molar-refractivity contribution in [1.29, 1.82) is 0 Å². The van der Waals surface area contributed by atoms with Gasteiger partial charge in [-0.3, -0.25) is 14.3 Å². The molecule has 0 bridgehead atoms. The van der Waals surface area contributed by atoms with E-state index in [1.165, 1.54) is 12.8 Å². The summed E-state index contributed by atoms with van der Waals surface area (Å²) in [6, 6.07) is 9.86. The number of carbonyl (C=O) groups is 2. The van der Waals surface area contributed by atoms with E-state index in [0.717, 1.165) is 61.2 Å². The number of hydrogen-bond donors (Lipinski definition) is 2. The van der Waals surface area contributed by atoms with Gasteiger partial charge in [0.05, 0.1) is 11.4 Å². The molecule has 40 heavy (non-hydrogen) atoms. The van der Waals surface area contributed by atoms with Crippen LogP contribution in [0.4, 0.5) is 13.2 Å². The number of rotatable bonds is 5. The lowest BCUT2D eigenvalue weighted by molar-refractivity contribution is -0.192. The summed E-state index contributed by atoms with van der Waals surface area (Å²) in [4.78, 5) is 24.2. The fourth-order valence-corrected chi connectivity index (χ4v) is 4.87. The van der Waals surface area contributed by atoms with Gasteiger partial charge in [-0.05, 0) is 37.8 Å². The Morgan fingerprint density at radius 2 is 1.88 bits per heavy atom. The maximum absolute atomic E-state index is 12.9. The minimum Gasteiger partial charge on any atom is -0.485 e. The molecule has 3 aliphatic rings. The summed E-state index contributed by atoms with van der Waals surface area (Å²) in [5.41, 5.74) is 1.40. The number of nitrogens with zero attached hydrogens (tertiary/aromatic N) is 5. The highest BCUT2D eigenvalue weighted by atomic mass is 19.4. The monoisotopic (exact) mass is 562 g/mol. The van der Waals surface area contributed by atoms with Gasteiger partial charge in [0.25, 0.3) is 5.91 Å². The summed E-state index contributed by atoms with van der Waals surface area (Å²) in [5.74, 6) is 0.378. The van der Waals surface area contributed by atoms with Crippen molar-refractivity contribution >= 4 is 11.9 Å². The van der Waals surface area contributed by atoms with Crippen LogP contribution in [-0.2, 0) is 17.8 Å². The lowest BCUT2D eigenvalue weighted by atomic mass is 9.87. The molecule has 1 aromatic carbocycles. The number of ether oxygens (including phenoxy) is 1. The first-order valence-electron chi connectivity index (χ1n) is 13.0. The summed E-state index contributed by atoms with van der Waals surface area (Å²) in [7, 11) is 0. The van der Waals surface area contributed by atoms with Crippen LogP contribution < -0.4 is 10.1 Å². The van der Waals surface area contributed by atoms with Crippen molar-refractivity contribution in [1.82, 2.24) is 30.1 Å². The van der Waals surface area contributed by atoms with E-state index in [-0.39, 0.29) is 11.5 Å². The van der Waals surface area contributed by atoms with Gasteiger partial charge in [-0.1, -0.05) is 17.3 Å². The van der Waals surface area contributed by atoms with Crippen LogP contribution in [-0.4, -0.2) is 73.2 Å². The highest BCUT2D eigenvalue weighted by Gasteiger charge is 2.42. The molecule has 3 aromatic rings. The predicted octanol–water partition coefficient (Wildman–Crippen LogP) is 3.31. The van der Waals surface area contributed by atoms with Crippen molar-refractivity contribution in [2.45, 2.75) is 57.3 Å². The Balaban J connectivity index is 0.000000411. The van der Waals surface area contributed by atoms with E-state index < -0.39 is 12.1 Å². The van der Waals surface area contributed by atoms with Gasteiger partial charge in [-0.25, -0.2) is 4.79 Å². The average Bonchev–Trinajstić information content (AvgIpc) is 3.55. The zero-order valence-electron chi connectivity index (χ0n) is 21.8. The fraction of sp³-hybridized carbons (Fsp3) is 0.500. The third-order valence-corrected chi connectivity index (χ3v) is 7.17. The van der Waals surface area contributed by atoms with Gasteiger partial charge in [0, 0.05) is 51.5 Å². The highest BCUT2D eigenvalue weighted by molar-refractivity contribution is 5.91. The van der Waals surface area contributed by atoms with E-state index in [9.17, 15) is 18.0 Å². The van der Waals surface area contributed by atoms with Gasteiger partial charge in [-0.15, -0.1) is 10.2 Å². The summed E-state index contributed by atoms with van der Waals surface area (Å²) >= 11 is 0. The number of aromatic nitrogens is 4. The number of hydrogen-bond acceptors (Lipinski definition) is 8. The lowest BCUT2D eigenvalue weighted by Gasteiger charge is -2.40. The molecule has 214 valence electrons. The molecule has 4 heterocycles. The number of aryl methyl sites for hydroxylation is 1. The Labute approximate surface area is 227 Å². The van der Waals surface area contributed by atoms with Crippen LogP contribution in [0.1, 0.15) is 53.6 Å². The van der Waals surface area contributed by atoms with E-state index in [2.05, 4.69) is 25.6 Å². The smallest absolute Gasteiger partial charge is 0.485 e. The molecule has 6 rings (SSSR count). The zero-order chi connectivity index (χ0) is 28.5. The third-order valence-electron chi connectivity index (χ3n) is 7.17. The SMILES string of the molecule is Cc1cc(CN2CCC3(CC2)Cc2nnc(C(=O)NCC4CC4)n2-c2ccccc2O3)no1.O=C(O)C(F)(F)F. The molecule has 11 nitrogen and oxygen atoms in total. The number of para-hydroxylation sites is 2. The van der Waals surface area contributed by atoms with Crippen molar-refractivity contribution in [3.8, 4) is 11.4 Å². The molecule has 2 aliphatic heterocycles. The van der Waals surface area contributed by atoms with Crippen LogP contribution in [0.3, 0.4) is 0 Å². The maximum Gasteiger partial charge on any atom is 0.490 e. The van der Waals surface area contributed by atoms with Gasteiger partial charge in [0.15, 0.2) is 0 Å². The highest BCUT2D eigenvalue weighted by Crippen LogP contribution is 2.39. The number of alkyl halides is 3. The number of carboxylic acid groups (broad SMARTS) is 1. The molecule has 1 saturated heterocycles. The van der Waals surface area contributed by atoms with Gasteiger partial charge in [-0.2, -0.15) is 13.2 Å². The Morgan fingerprint density at radius 1 is 1.18 bits per heavy atom. The molecule has 14 heteroatoms. The molecule has 1 spiro atoms. The van der Waals surface area contributed by atoms with E-state index in [1.54, 1.807) is 0 Å². The number of piperidine rings is 1. The number of benzene rings is 1. The lowest BCUT2D eigenvalue weighted by Crippen LogP contribution is -2.49. The number of carboxylic acids is 1. The van der Waals surface area contributed by atoms with Crippen LogP contribution in [0.5, 0.6) is 5.75 Å². The van der Waals surface area contributed by atoms with E-state index in [0.29, 0.717) is 24.7 Å². The number of carbonyl (C=O) groups excluding carboxylic acids is 1. The first-order valence-corrected chi connectivity index (χ1v) is 13.0. The Morgan fingerprint density at radius 3 is 2.50 bits per heavy atom. The van der Waals surface area contributed by atoms with E-state index in [4.69, 9.17) is 19.2 Å². The van der Waals surface area contributed by atoms with Crippen LogP contribution >= 0.6 is 0 Å². The molecular formula is C26H29F3N6O5. The normalized spacial score (nSPS) is 18.0. The first-order chi connectivity index (χ1) is 19.0. The zero-order valence-corrected chi connectivity index (χ0v) is 21.8. The van der Waals surface area contributed by atoms with Crippen LogP contribution in [0.25, 0.3) is 5.69 Å². The van der Waals surface area contributed by atoms with Crippen molar-refractivity contribution in [2.24, 2.45) is 5.92 Å². The molecule has 2 fully saturated rings. The summed E-state index contributed by atoms with van der Waals surface area (Å²) in [6.07, 6.45) is -0.390. The summed E-state index contributed by atoms with van der Waals surface area (Å²) in [6.45, 7) is 5.15. The third kappa shape index (κ3) is 6.27. The molecule has 0 unspecified atom stereocenters. The maximum atomic E-state index is 12.9. The number of likely N-dealkylation sites (tertiary alicyclic amines) is 1. The van der Waals surface area contributed by atoms with E-state index in [1.807, 2.05) is 41.8 Å². The number of nitrogens with one attached hydrogen (secondary N) is 1. The Kier molecular flexibility index (Phi) is 7.53. The number of fused-ring (bicyclic) bond motifs is 3. The fourth-order valence-electron chi connectivity index (χ4n) is 4.87. The molecule has 1 amide bonds. The van der Waals surface area contributed by atoms with Crippen molar-refractivity contribution < 1.29 is 37.1 Å². The molecule has 0 atom stereocenters. The summed E-state index contributed by atoms with van der Waals surface area (Å²) in [5, 5.41) is 23.0. The van der Waals surface area contributed by atoms with Gasteiger partial charge in [0.1, 0.15) is 22.9 Å². The number of aliphatic carboxylic acids is 1. The average molecular weight is 563 g/mol. The van der Waals surface area contributed by atoms with Gasteiger partial charge >= 0.3 is 12.1 Å². The van der Waals surface area contributed by atoms with Crippen molar-refractivity contribution in [3.05, 3.63) is 53.4 Å². The van der Waals surface area contributed by atoms with Crippen LogP contribution in [0.15, 0.2) is 34.9 Å². The first kappa shape index (κ1) is 27.6.